The van der Waals surface area contributed by atoms with E-state index in [1.807, 2.05) is 30.3 Å². The predicted molar refractivity (Wildman–Crippen MR) is 90.5 cm³/mol. The highest BCUT2D eigenvalue weighted by atomic mass is 16.5. The van der Waals surface area contributed by atoms with Crippen LogP contribution in [0.4, 0.5) is 0 Å². The predicted octanol–water partition coefficient (Wildman–Crippen LogP) is 1.72. The van der Waals surface area contributed by atoms with Gasteiger partial charge in [0.2, 0.25) is 5.91 Å². The van der Waals surface area contributed by atoms with Gasteiger partial charge in [0.15, 0.2) is 11.7 Å². The van der Waals surface area contributed by atoms with Gasteiger partial charge in [0.05, 0.1) is 19.4 Å². The maximum absolute atomic E-state index is 11.9. The van der Waals surface area contributed by atoms with Crippen LogP contribution >= 0.6 is 0 Å². The number of hydrogen-bond acceptors (Lipinski definition) is 5. The van der Waals surface area contributed by atoms with E-state index in [2.05, 4.69) is 15.2 Å². The van der Waals surface area contributed by atoms with Crippen molar-refractivity contribution in [3.05, 3.63) is 42.4 Å². The Balaban J connectivity index is 1.38. The van der Waals surface area contributed by atoms with Crippen LogP contribution in [0.3, 0.4) is 0 Å². The molecule has 1 amide bonds. The molecule has 1 aromatic heterocycles. The Bertz CT molecular complexity index is 636. The van der Waals surface area contributed by atoms with Crippen LogP contribution in [0.5, 0.6) is 0 Å². The summed E-state index contributed by atoms with van der Waals surface area (Å²) in [4.78, 5) is 18.5. The smallest absolute Gasteiger partial charge is 0.220 e. The van der Waals surface area contributed by atoms with Gasteiger partial charge in [0.1, 0.15) is 0 Å². The number of aryl methyl sites for hydroxylation is 1. The minimum atomic E-state index is 0.0303. The lowest BCUT2D eigenvalue weighted by Crippen LogP contribution is -2.41. The van der Waals surface area contributed by atoms with Crippen LogP contribution < -0.4 is 5.32 Å². The zero-order chi connectivity index (χ0) is 16.6. The molecule has 128 valence electrons. The van der Waals surface area contributed by atoms with E-state index in [1.165, 1.54) is 0 Å². The largest absolute Gasteiger partial charge is 0.441 e. The summed E-state index contributed by atoms with van der Waals surface area (Å²) in [5, 5.41) is 2.95. The molecule has 6 heteroatoms. The molecule has 2 heterocycles. The Hall–Kier alpha value is -2.18. The topological polar surface area (TPSA) is 67.6 Å². The number of oxazole rings is 1. The van der Waals surface area contributed by atoms with Gasteiger partial charge in [-0.1, -0.05) is 30.3 Å². The average Bonchev–Trinajstić information content (AvgIpc) is 3.11. The van der Waals surface area contributed by atoms with Crippen LogP contribution in [0, 0.1) is 0 Å². The van der Waals surface area contributed by atoms with E-state index in [9.17, 15) is 4.79 Å². The number of benzene rings is 1. The summed E-state index contributed by atoms with van der Waals surface area (Å²) in [5.74, 6) is 1.36. The highest BCUT2D eigenvalue weighted by Gasteiger charge is 2.11. The van der Waals surface area contributed by atoms with Gasteiger partial charge in [-0.2, -0.15) is 0 Å². The highest BCUT2D eigenvalue weighted by Crippen LogP contribution is 2.20. The Morgan fingerprint density at radius 2 is 2.00 bits per heavy atom. The summed E-state index contributed by atoms with van der Waals surface area (Å²) in [7, 11) is 0. The average molecular weight is 329 g/mol. The normalized spacial score (nSPS) is 15.3. The molecule has 0 bridgehead atoms. The molecule has 1 aliphatic heterocycles. The first-order chi connectivity index (χ1) is 11.8. The van der Waals surface area contributed by atoms with Crippen LogP contribution in [0.25, 0.3) is 11.3 Å². The number of rotatable bonds is 7. The first-order valence-corrected chi connectivity index (χ1v) is 8.38. The summed E-state index contributed by atoms with van der Waals surface area (Å²) < 4.78 is 11.0. The lowest BCUT2D eigenvalue weighted by molar-refractivity contribution is -0.121. The molecule has 1 N–H and O–H groups in total. The van der Waals surface area contributed by atoms with Crippen molar-refractivity contribution in [2.45, 2.75) is 12.8 Å². The molecule has 0 unspecified atom stereocenters. The first kappa shape index (κ1) is 16.7. The molecule has 3 rings (SSSR count). The molecule has 1 fully saturated rings. The second kappa shape index (κ2) is 8.61. The van der Waals surface area contributed by atoms with Gasteiger partial charge < -0.3 is 14.5 Å². The number of amides is 1. The molecule has 2 aromatic rings. The maximum Gasteiger partial charge on any atom is 0.220 e. The third-order valence-electron chi connectivity index (χ3n) is 4.03. The maximum atomic E-state index is 11.9. The van der Waals surface area contributed by atoms with Crippen LogP contribution in [-0.2, 0) is 16.0 Å². The number of carbonyl (C=O) groups excluding carboxylic acids is 1. The van der Waals surface area contributed by atoms with Crippen molar-refractivity contribution in [2.75, 3.05) is 39.4 Å². The lowest BCUT2D eigenvalue weighted by atomic mass is 10.2. The van der Waals surface area contributed by atoms with E-state index in [4.69, 9.17) is 9.15 Å². The van der Waals surface area contributed by atoms with Crippen molar-refractivity contribution in [1.82, 2.24) is 15.2 Å². The van der Waals surface area contributed by atoms with Gasteiger partial charge in [-0.05, 0) is 0 Å². The third kappa shape index (κ3) is 4.91. The lowest BCUT2D eigenvalue weighted by Gasteiger charge is -2.26. The van der Waals surface area contributed by atoms with E-state index >= 15 is 0 Å². The van der Waals surface area contributed by atoms with Crippen LogP contribution in [-0.4, -0.2) is 55.2 Å². The number of carbonyl (C=O) groups is 1. The van der Waals surface area contributed by atoms with E-state index in [1.54, 1.807) is 6.20 Å². The minimum Gasteiger partial charge on any atom is -0.441 e. The van der Waals surface area contributed by atoms with Crippen LogP contribution in [0.2, 0.25) is 0 Å². The number of aromatic nitrogens is 1. The number of morpholine rings is 1. The SMILES string of the molecule is O=C(CCc1ncc(-c2ccccc2)o1)NCCN1CCOCC1. The third-order valence-corrected chi connectivity index (χ3v) is 4.03. The van der Waals surface area contributed by atoms with Crippen molar-refractivity contribution in [2.24, 2.45) is 0 Å². The summed E-state index contributed by atoms with van der Waals surface area (Å²) in [6, 6.07) is 9.83. The summed E-state index contributed by atoms with van der Waals surface area (Å²) in [5.41, 5.74) is 0.992. The molecule has 0 spiro atoms. The fourth-order valence-corrected chi connectivity index (χ4v) is 2.65. The van der Waals surface area contributed by atoms with Crippen molar-refractivity contribution < 1.29 is 13.9 Å². The van der Waals surface area contributed by atoms with Crippen LogP contribution in [0.1, 0.15) is 12.3 Å². The molecule has 0 radical (unpaired) electrons. The van der Waals surface area contributed by atoms with Crippen molar-refractivity contribution in [1.29, 1.82) is 0 Å². The Labute approximate surface area is 141 Å². The van der Waals surface area contributed by atoms with Crippen LogP contribution in [0.15, 0.2) is 40.9 Å². The molecule has 1 saturated heterocycles. The number of ether oxygens (including phenoxy) is 1. The number of nitrogens with one attached hydrogen (secondary N) is 1. The molecule has 24 heavy (non-hydrogen) atoms. The molecule has 0 aliphatic carbocycles. The Morgan fingerprint density at radius 3 is 2.79 bits per heavy atom. The number of hydrogen-bond donors (Lipinski definition) is 1. The molecule has 0 atom stereocenters. The fraction of sp³-hybridized carbons (Fsp3) is 0.444. The second-order valence-corrected chi connectivity index (χ2v) is 5.79. The van der Waals surface area contributed by atoms with Crippen molar-refractivity contribution >= 4 is 5.91 Å². The van der Waals surface area contributed by atoms with E-state index < -0.39 is 0 Å². The summed E-state index contributed by atoms with van der Waals surface area (Å²) >= 11 is 0. The van der Waals surface area contributed by atoms with Gasteiger partial charge >= 0.3 is 0 Å². The van der Waals surface area contributed by atoms with E-state index in [0.29, 0.717) is 25.3 Å². The van der Waals surface area contributed by atoms with Crippen molar-refractivity contribution in [3.8, 4) is 11.3 Å². The molecular formula is C18H23N3O3. The zero-order valence-electron chi connectivity index (χ0n) is 13.7. The quantitative estimate of drug-likeness (QED) is 0.838. The minimum absolute atomic E-state index is 0.0303. The number of nitrogens with zero attached hydrogens (tertiary/aromatic N) is 2. The molecule has 1 aromatic carbocycles. The Morgan fingerprint density at radius 1 is 1.21 bits per heavy atom. The highest BCUT2D eigenvalue weighted by molar-refractivity contribution is 5.76. The van der Waals surface area contributed by atoms with Gasteiger partial charge in [-0.3, -0.25) is 9.69 Å². The van der Waals surface area contributed by atoms with Gasteiger partial charge in [-0.25, -0.2) is 4.98 Å². The van der Waals surface area contributed by atoms with Gasteiger partial charge in [0.25, 0.3) is 0 Å². The second-order valence-electron chi connectivity index (χ2n) is 5.79. The van der Waals surface area contributed by atoms with Gasteiger partial charge in [-0.15, -0.1) is 0 Å². The monoisotopic (exact) mass is 329 g/mol. The van der Waals surface area contributed by atoms with E-state index in [-0.39, 0.29) is 5.91 Å². The molecule has 6 nitrogen and oxygen atoms in total. The summed E-state index contributed by atoms with van der Waals surface area (Å²) in [6.45, 7) is 4.97. The molecule has 1 aliphatic rings. The van der Waals surface area contributed by atoms with Crippen molar-refractivity contribution in [3.63, 3.8) is 0 Å². The first-order valence-electron chi connectivity index (χ1n) is 8.38. The van der Waals surface area contributed by atoms with Gasteiger partial charge in [0, 0.05) is 44.6 Å². The zero-order valence-corrected chi connectivity index (χ0v) is 13.7. The Kier molecular flexibility index (Phi) is 5.98. The fourth-order valence-electron chi connectivity index (χ4n) is 2.65. The molecular weight excluding hydrogens is 306 g/mol. The summed E-state index contributed by atoms with van der Waals surface area (Å²) in [6.07, 6.45) is 2.61. The standard InChI is InChI=1S/C18H23N3O3/c22-17(19-8-9-21-10-12-23-13-11-21)6-7-18-20-14-16(24-18)15-4-2-1-3-5-15/h1-5,14H,6-13H2,(H,19,22). The van der Waals surface area contributed by atoms with E-state index in [0.717, 1.165) is 44.2 Å². The molecule has 0 saturated carbocycles.